The topological polar surface area (TPSA) is 87.2 Å². The first kappa shape index (κ1) is 21.7. The van der Waals surface area contributed by atoms with E-state index in [4.69, 9.17) is 4.74 Å². The molecule has 29 heavy (non-hydrogen) atoms. The maximum atomic E-state index is 13.1. The summed E-state index contributed by atoms with van der Waals surface area (Å²) in [5, 5.41) is 0. The van der Waals surface area contributed by atoms with Crippen LogP contribution in [0.2, 0.25) is 0 Å². The van der Waals surface area contributed by atoms with Crippen molar-refractivity contribution in [2.24, 2.45) is 5.92 Å². The molecule has 0 radical (unpaired) electrons. The Bertz CT molecular complexity index is 841. The van der Waals surface area contributed by atoms with Gasteiger partial charge < -0.3 is 14.5 Å². The van der Waals surface area contributed by atoms with Crippen LogP contribution in [0.1, 0.15) is 30.1 Å². The molecule has 0 bridgehead atoms. The molecule has 2 aliphatic heterocycles. The highest BCUT2D eigenvalue weighted by Gasteiger charge is 2.36. The van der Waals surface area contributed by atoms with E-state index in [0.717, 1.165) is 32.7 Å². The molecule has 2 heterocycles. The molecule has 9 heteroatoms. The predicted octanol–water partition coefficient (Wildman–Crippen LogP) is 1.04. The van der Waals surface area contributed by atoms with Crippen LogP contribution in [-0.2, 0) is 19.6 Å². The smallest absolute Gasteiger partial charge is 0.339 e. The molecular formula is C20H29N3O5S. The number of likely N-dealkylation sites (N-methyl/N-ethyl adjacent to an activating group) is 1. The van der Waals surface area contributed by atoms with Crippen molar-refractivity contribution in [1.29, 1.82) is 0 Å². The molecule has 2 saturated heterocycles. The van der Waals surface area contributed by atoms with Crippen LogP contribution in [0.3, 0.4) is 0 Å². The zero-order valence-electron chi connectivity index (χ0n) is 17.0. The predicted molar refractivity (Wildman–Crippen MR) is 108 cm³/mol. The number of carbonyl (C=O) groups is 2. The van der Waals surface area contributed by atoms with Crippen LogP contribution in [0.5, 0.6) is 0 Å². The van der Waals surface area contributed by atoms with Gasteiger partial charge >= 0.3 is 5.97 Å². The molecule has 0 atom stereocenters. The van der Waals surface area contributed by atoms with E-state index in [-0.39, 0.29) is 35.4 Å². The number of esters is 1. The van der Waals surface area contributed by atoms with Crippen molar-refractivity contribution in [2.75, 3.05) is 52.9 Å². The number of carbonyl (C=O) groups excluding carboxylic acids is 2. The molecule has 0 N–H and O–H groups in total. The second kappa shape index (κ2) is 9.23. The van der Waals surface area contributed by atoms with Crippen LogP contribution in [0.25, 0.3) is 0 Å². The third kappa shape index (κ3) is 4.62. The molecule has 1 amide bonds. The Morgan fingerprint density at radius 3 is 2.24 bits per heavy atom. The molecule has 0 saturated carbocycles. The van der Waals surface area contributed by atoms with E-state index in [0.29, 0.717) is 12.8 Å². The number of rotatable bonds is 5. The van der Waals surface area contributed by atoms with Gasteiger partial charge in [0, 0.05) is 45.2 Å². The lowest BCUT2D eigenvalue weighted by atomic mass is 9.96. The van der Waals surface area contributed by atoms with E-state index < -0.39 is 16.0 Å². The number of sulfonamides is 1. The van der Waals surface area contributed by atoms with Crippen LogP contribution in [0.4, 0.5) is 0 Å². The zero-order chi connectivity index (χ0) is 21.0. The molecule has 160 valence electrons. The maximum Gasteiger partial charge on any atom is 0.339 e. The first-order valence-corrected chi connectivity index (χ1v) is 11.5. The second-order valence-corrected chi connectivity index (χ2v) is 9.33. The highest BCUT2D eigenvalue weighted by molar-refractivity contribution is 7.89. The summed E-state index contributed by atoms with van der Waals surface area (Å²) in [7, 11) is -2.61. The van der Waals surface area contributed by atoms with Gasteiger partial charge in [-0.3, -0.25) is 4.79 Å². The van der Waals surface area contributed by atoms with Gasteiger partial charge in [-0.2, -0.15) is 4.31 Å². The van der Waals surface area contributed by atoms with E-state index >= 15 is 0 Å². The lowest BCUT2D eigenvalue weighted by molar-refractivity contribution is -0.138. The lowest BCUT2D eigenvalue weighted by Crippen LogP contribution is -2.51. The van der Waals surface area contributed by atoms with Crippen LogP contribution < -0.4 is 0 Å². The van der Waals surface area contributed by atoms with Crippen molar-refractivity contribution < 1.29 is 22.7 Å². The van der Waals surface area contributed by atoms with Gasteiger partial charge in [-0.1, -0.05) is 19.1 Å². The first-order valence-electron chi connectivity index (χ1n) is 10.1. The van der Waals surface area contributed by atoms with Crippen LogP contribution >= 0.6 is 0 Å². The number of hydrogen-bond donors (Lipinski definition) is 0. The van der Waals surface area contributed by atoms with Gasteiger partial charge in [0.05, 0.1) is 17.6 Å². The Balaban J connectivity index is 1.65. The van der Waals surface area contributed by atoms with Crippen molar-refractivity contribution in [1.82, 2.24) is 14.1 Å². The van der Waals surface area contributed by atoms with Crippen molar-refractivity contribution in [3.05, 3.63) is 29.8 Å². The van der Waals surface area contributed by atoms with E-state index in [1.54, 1.807) is 12.1 Å². The van der Waals surface area contributed by atoms with Crippen LogP contribution in [-0.4, -0.2) is 87.3 Å². The molecule has 3 rings (SSSR count). The molecule has 0 unspecified atom stereocenters. The van der Waals surface area contributed by atoms with Crippen molar-refractivity contribution in [3.63, 3.8) is 0 Å². The summed E-state index contributed by atoms with van der Waals surface area (Å²) in [6.07, 6.45) is 0.985. The Morgan fingerprint density at radius 2 is 1.66 bits per heavy atom. The van der Waals surface area contributed by atoms with E-state index in [2.05, 4.69) is 11.8 Å². The van der Waals surface area contributed by atoms with Crippen molar-refractivity contribution >= 4 is 21.9 Å². The summed E-state index contributed by atoms with van der Waals surface area (Å²) < 4.78 is 32.3. The average molecular weight is 424 g/mol. The lowest BCUT2D eigenvalue weighted by Gasteiger charge is -2.38. The molecule has 0 spiro atoms. The number of amides is 1. The number of hydrogen-bond acceptors (Lipinski definition) is 6. The van der Waals surface area contributed by atoms with E-state index in [1.807, 2.05) is 4.90 Å². The molecular weight excluding hydrogens is 394 g/mol. The van der Waals surface area contributed by atoms with Crippen LogP contribution in [0.15, 0.2) is 29.2 Å². The Hall–Kier alpha value is -1.97. The third-order valence-corrected chi connectivity index (χ3v) is 7.80. The quantitative estimate of drug-likeness (QED) is 0.658. The van der Waals surface area contributed by atoms with Gasteiger partial charge in [-0.05, 0) is 31.5 Å². The molecule has 2 aliphatic rings. The summed E-state index contributed by atoms with van der Waals surface area (Å²) in [5.74, 6) is -0.696. The van der Waals surface area contributed by atoms with Crippen molar-refractivity contribution in [3.8, 4) is 0 Å². The minimum Gasteiger partial charge on any atom is -0.465 e. The number of nitrogens with zero attached hydrogens (tertiary/aromatic N) is 3. The van der Waals surface area contributed by atoms with Gasteiger partial charge in [0.1, 0.15) is 0 Å². The number of piperazine rings is 1. The minimum atomic E-state index is -3.83. The fraction of sp³-hybridized carbons (Fsp3) is 0.600. The third-order valence-electron chi connectivity index (χ3n) is 5.84. The number of ether oxygens (including phenoxy) is 1. The normalized spacial score (nSPS) is 19.9. The Labute approximate surface area is 172 Å². The fourth-order valence-electron chi connectivity index (χ4n) is 4.00. The average Bonchev–Trinajstić information content (AvgIpc) is 2.78. The number of methoxy groups -OCH3 is 1. The highest BCUT2D eigenvalue weighted by atomic mass is 32.2. The van der Waals surface area contributed by atoms with Gasteiger partial charge in [0.2, 0.25) is 15.9 Å². The first-order chi connectivity index (χ1) is 13.9. The van der Waals surface area contributed by atoms with Gasteiger partial charge in [0.15, 0.2) is 0 Å². The maximum absolute atomic E-state index is 13.1. The van der Waals surface area contributed by atoms with E-state index in [9.17, 15) is 18.0 Å². The van der Waals surface area contributed by atoms with Crippen LogP contribution in [0, 0.1) is 5.92 Å². The standard InChI is InChI=1S/C20H29N3O5S/c1-3-21-12-14-22(15-13-21)19(24)16-8-10-23(11-9-16)29(26,27)18-7-5-4-6-17(18)20(25)28-2/h4-7,16H,3,8-15H2,1-2H3. The summed E-state index contributed by atoms with van der Waals surface area (Å²) in [4.78, 5) is 29.0. The Kier molecular flexibility index (Phi) is 6.92. The summed E-state index contributed by atoms with van der Waals surface area (Å²) in [6.45, 7) is 6.89. The summed E-state index contributed by atoms with van der Waals surface area (Å²) in [6, 6.07) is 6.07. The monoisotopic (exact) mass is 423 g/mol. The molecule has 1 aromatic rings. The molecule has 8 nitrogen and oxygen atoms in total. The molecule has 0 aromatic heterocycles. The SMILES string of the molecule is CCN1CCN(C(=O)C2CCN(S(=O)(=O)c3ccccc3C(=O)OC)CC2)CC1. The molecule has 2 fully saturated rings. The molecule has 0 aliphatic carbocycles. The Morgan fingerprint density at radius 1 is 1.03 bits per heavy atom. The number of piperidine rings is 1. The summed E-state index contributed by atoms with van der Waals surface area (Å²) >= 11 is 0. The summed E-state index contributed by atoms with van der Waals surface area (Å²) in [5.41, 5.74) is 0.0296. The van der Waals surface area contributed by atoms with Crippen molar-refractivity contribution in [2.45, 2.75) is 24.7 Å². The number of benzene rings is 1. The fourth-order valence-corrected chi connectivity index (χ4v) is 5.64. The second-order valence-electron chi connectivity index (χ2n) is 7.43. The largest absolute Gasteiger partial charge is 0.465 e. The molecule has 1 aromatic carbocycles. The minimum absolute atomic E-state index is 0.0296. The van der Waals surface area contributed by atoms with E-state index in [1.165, 1.54) is 23.5 Å². The van der Waals surface area contributed by atoms with Gasteiger partial charge in [-0.15, -0.1) is 0 Å². The van der Waals surface area contributed by atoms with Gasteiger partial charge in [-0.25, -0.2) is 13.2 Å². The van der Waals surface area contributed by atoms with Gasteiger partial charge in [0.25, 0.3) is 0 Å². The zero-order valence-corrected chi connectivity index (χ0v) is 17.9. The highest BCUT2D eigenvalue weighted by Crippen LogP contribution is 2.27.